The second-order valence-electron chi connectivity index (χ2n) is 3.79. The zero-order valence-corrected chi connectivity index (χ0v) is 10.8. The first-order chi connectivity index (χ1) is 7.55. The van der Waals surface area contributed by atoms with E-state index >= 15 is 0 Å². The number of rotatable bonds is 5. The molecule has 0 spiro atoms. The molecule has 0 saturated carbocycles. The predicted octanol–water partition coefficient (Wildman–Crippen LogP) is -1.52. The van der Waals surface area contributed by atoms with Crippen LogP contribution in [0.1, 0.15) is 20.8 Å². The van der Waals surface area contributed by atoms with Crippen molar-refractivity contribution in [2.75, 3.05) is 0 Å². The topological polar surface area (TPSA) is 142 Å². The van der Waals surface area contributed by atoms with Gasteiger partial charge in [-0.15, -0.1) is 0 Å². The average molecular weight is 267 g/mol. The number of hydrogen-bond donors (Lipinski definition) is 5. The van der Waals surface area contributed by atoms with Crippen LogP contribution in [0.5, 0.6) is 0 Å². The van der Waals surface area contributed by atoms with Gasteiger partial charge in [-0.25, -0.2) is 0 Å². The van der Waals surface area contributed by atoms with Gasteiger partial charge in [0.2, 0.25) is 11.8 Å². The fourth-order valence-electron chi connectivity index (χ4n) is 0.825. The van der Waals surface area contributed by atoms with Crippen molar-refractivity contribution < 1.29 is 23.9 Å². The molecule has 0 aromatic heterocycles. The normalized spacial score (nSPS) is 16.8. The van der Waals surface area contributed by atoms with E-state index in [1.54, 1.807) is 0 Å². The highest BCUT2D eigenvalue weighted by Gasteiger charge is 2.27. The van der Waals surface area contributed by atoms with Crippen LogP contribution in [-0.2, 0) is 14.2 Å². The highest BCUT2D eigenvalue weighted by molar-refractivity contribution is 7.52. The summed E-state index contributed by atoms with van der Waals surface area (Å²) >= 11 is 0. The third-order valence-corrected chi connectivity index (χ3v) is 3.16. The third-order valence-electron chi connectivity index (χ3n) is 2.02. The number of carbonyl (C=O) groups excluding carboxylic acids is 2. The molecule has 2 amide bonds. The fourth-order valence-corrected chi connectivity index (χ4v) is 1.12. The molecule has 17 heavy (non-hydrogen) atoms. The van der Waals surface area contributed by atoms with Crippen LogP contribution < -0.4 is 16.4 Å². The van der Waals surface area contributed by atoms with Crippen molar-refractivity contribution in [3.8, 4) is 0 Å². The molecule has 0 aromatic rings. The number of carbonyl (C=O) groups is 2. The Morgan fingerprint density at radius 3 is 1.94 bits per heavy atom. The minimum absolute atomic E-state index is 0.517. The maximum Gasteiger partial charge on any atom is 0.347 e. The Kier molecular flexibility index (Phi) is 5.77. The minimum atomic E-state index is -4.37. The number of nitrogens with two attached hydrogens (primary N) is 1. The lowest BCUT2D eigenvalue weighted by molar-refractivity contribution is -0.129. The summed E-state index contributed by atoms with van der Waals surface area (Å²) in [5.41, 5.74) is 5.29. The van der Waals surface area contributed by atoms with Crippen LogP contribution >= 0.6 is 7.60 Å². The third kappa shape index (κ3) is 5.78. The van der Waals surface area contributed by atoms with Gasteiger partial charge in [0.1, 0.15) is 11.8 Å². The predicted molar refractivity (Wildman–Crippen MR) is 60.9 cm³/mol. The van der Waals surface area contributed by atoms with Gasteiger partial charge < -0.3 is 26.2 Å². The lowest BCUT2D eigenvalue weighted by Gasteiger charge is -2.19. The van der Waals surface area contributed by atoms with E-state index in [9.17, 15) is 14.2 Å². The van der Waals surface area contributed by atoms with Crippen molar-refractivity contribution in [1.82, 2.24) is 10.6 Å². The molecule has 0 radical (unpaired) electrons. The van der Waals surface area contributed by atoms with E-state index in [2.05, 4.69) is 10.6 Å². The molecular formula is C8H18N3O5P. The van der Waals surface area contributed by atoms with E-state index in [0.717, 1.165) is 0 Å². The van der Waals surface area contributed by atoms with Crippen molar-refractivity contribution >= 4 is 19.4 Å². The molecule has 0 saturated heterocycles. The summed E-state index contributed by atoms with van der Waals surface area (Å²) in [4.78, 5) is 40.2. The molecule has 0 fully saturated rings. The lowest BCUT2D eigenvalue weighted by atomic mass is 10.2. The average Bonchev–Trinajstić information content (AvgIpc) is 2.15. The standard InChI is InChI=1S/C8H18N3O5P/c1-4(9)7(12)10-5(2)8(13)11-6(3)17(14,15)16/h4-6H,9H2,1-3H3,(H,10,12)(H,11,13)(H2,14,15,16)/t4-,5-,6?/m0/s1. The van der Waals surface area contributed by atoms with Crippen LogP contribution in [0.25, 0.3) is 0 Å². The van der Waals surface area contributed by atoms with Gasteiger partial charge in [0.25, 0.3) is 0 Å². The molecule has 6 N–H and O–H groups in total. The first-order valence-electron chi connectivity index (χ1n) is 4.97. The molecule has 0 bridgehead atoms. The molecule has 0 heterocycles. The maximum absolute atomic E-state index is 11.4. The molecule has 3 atom stereocenters. The molecule has 9 heteroatoms. The number of hydrogen-bond acceptors (Lipinski definition) is 4. The molecule has 0 aliphatic carbocycles. The minimum Gasteiger partial charge on any atom is -0.343 e. The highest BCUT2D eigenvalue weighted by atomic mass is 31.2. The monoisotopic (exact) mass is 267 g/mol. The molecule has 0 aliphatic rings. The largest absolute Gasteiger partial charge is 0.347 e. The zero-order chi connectivity index (χ0) is 13.8. The van der Waals surface area contributed by atoms with E-state index in [4.69, 9.17) is 15.5 Å². The van der Waals surface area contributed by atoms with E-state index < -0.39 is 37.3 Å². The molecule has 0 aliphatic heterocycles. The molecule has 0 rings (SSSR count). The Bertz CT molecular complexity index is 340. The second kappa shape index (κ2) is 6.11. The number of amides is 2. The van der Waals surface area contributed by atoms with Crippen molar-refractivity contribution in [3.05, 3.63) is 0 Å². The summed E-state index contributed by atoms with van der Waals surface area (Å²) in [7, 11) is -4.37. The smallest absolute Gasteiger partial charge is 0.343 e. The van der Waals surface area contributed by atoms with Crippen LogP contribution in [0, 0.1) is 0 Å². The van der Waals surface area contributed by atoms with Crippen molar-refractivity contribution in [1.29, 1.82) is 0 Å². The summed E-state index contributed by atoms with van der Waals surface area (Å²) in [6.45, 7) is 4.03. The molecular weight excluding hydrogens is 249 g/mol. The van der Waals surface area contributed by atoms with Gasteiger partial charge in [0.05, 0.1) is 6.04 Å². The van der Waals surface area contributed by atoms with Crippen molar-refractivity contribution in [2.24, 2.45) is 5.73 Å². The van der Waals surface area contributed by atoms with Crippen molar-refractivity contribution in [2.45, 2.75) is 38.6 Å². The van der Waals surface area contributed by atoms with Gasteiger partial charge in [-0.1, -0.05) is 0 Å². The Morgan fingerprint density at radius 1 is 1.12 bits per heavy atom. The second-order valence-corrected chi connectivity index (χ2v) is 5.75. The van der Waals surface area contributed by atoms with Gasteiger partial charge in [-0.05, 0) is 20.8 Å². The van der Waals surface area contributed by atoms with Crippen LogP contribution in [0.15, 0.2) is 0 Å². The van der Waals surface area contributed by atoms with Gasteiger partial charge in [0.15, 0.2) is 0 Å². The Labute approximate surface area is 99.1 Å². The number of nitrogens with one attached hydrogen (secondary N) is 2. The Hall–Kier alpha value is -0.950. The van der Waals surface area contributed by atoms with E-state index in [-0.39, 0.29) is 0 Å². The quantitative estimate of drug-likeness (QED) is 0.383. The van der Waals surface area contributed by atoms with Crippen molar-refractivity contribution in [3.63, 3.8) is 0 Å². The summed E-state index contributed by atoms with van der Waals surface area (Å²) in [5, 5.41) is 4.41. The first-order valence-corrected chi connectivity index (χ1v) is 6.65. The van der Waals surface area contributed by atoms with Crippen LogP contribution in [0.4, 0.5) is 0 Å². The van der Waals surface area contributed by atoms with E-state index in [0.29, 0.717) is 0 Å². The van der Waals surface area contributed by atoms with E-state index in [1.165, 1.54) is 20.8 Å². The first kappa shape index (κ1) is 16.1. The van der Waals surface area contributed by atoms with Gasteiger partial charge in [-0.2, -0.15) is 0 Å². The fraction of sp³-hybridized carbons (Fsp3) is 0.750. The van der Waals surface area contributed by atoms with Crippen LogP contribution in [-0.4, -0.2) is 39.5 Å². The van der Waals surface area contributed by atoms with Crippen LogP contribution in [0.3, 0.4) is 0 Å². The summed E-state index contributed by atoms with van der Waals surface area (Å²) in [6.07, 6.45) is 0. The van der Waals surface area contributed by atoms with E-state index in [1.807, 2.05) is 0 Å². The Balaban J connectivity index is 4.34. The molecule has 0 aromatic carbocycles. The molecule has 8 nitrogen and oxygen atoms in total. The lowest BCUT2D eigenvalue weighted by Crippen LogP contribution is -2.50. The zero-order valence-electron chi connectivity index (χ0n) is 9.88. The summed E-state index contributed by atoms with van der Waals surface area (Å²) in [5.74, 6) is -2.50. The molecule has 100 valence electrons. The van der Waals surface area contributed by atoms with Gasteiger partial charge in [-0.3, -0.25) is 14.2 Å². The summed E-state index contributed by atoms with van der Waals surface area (Å²) < 4.78 is 10.8. The SMILES string of the molecule is CC(NC(=O)[C@H](C)NC(=O)[C@H](C)N)P(=O)(O)O. The Morgan fingerprint density at radius 2 is 1.59 bits per heavy atom. The van der Waals surface area contributed by atoms with Crippen LogP contribution in [0.2, 0.25) is 0 Å². The van der Waals surface area contributed by atoms with Gasteiger partial charge >= 0.3 is 7.60 Å². The highest BCUT2D eigenvalue weighted by Crippen LogP contribution is 2.38. The summed E-state index contributed by atoms with van der Waals surface area (Å²) in [6, 6.07) is -1.67. The maximum atomic E-state index is 11.4. The van der Waals surface area contributed by atoms with Gasteiger partial charge in [0, 0.05) is 0 Å². The molecule has 1 unspecified atom stereocenters.